The second-order valence-electron chi connectivity index (χ2n) is 7.99. The Bertz CT molecular complexity index is 463. The van der Waals surface area contributed by atoms with Crippen molar-refractivity contribution in [2.75, 3.05) is 0 Å². The Morgan fingerprint density at radius 2 is 1.00 bits per heavy atom. The Labute approximate surface area is 163 Å². The van der Waals surface area contributed by atoms with E-state index < -0.39 is 0 Å². The fraction of sp³-hybridized carbons (Fsp3) is 0.760. The topological polar surface area (TPSA) is 20.2 Å². The van der Waals surface area contributed by atoms with Crippen molar-refractivity contribution in [2.24, 2.45) is 0 Å². The summed E-state index contributed by atoms with van der Waals surface area (Å²) in [4.78, 5) is 0. The number of hydrogen-bond donors (Lipinski definition) is 1. The first-order chi connectivity index (χ1) is 12.7. The van der Waals surface area contributed by atoms with E-state index in [-0.39, 0.29) is 0 Å². The van der Waals surface area contributed by atoms with Crippen LogP contribution in [-0.4, -0.2) is 5.11 Å². The molecule has 0 spiro atoms. The quantitative estimate of drug-likeness (QED) is 0.295. The Morgan fingerprint density at radius 3 is 1.65 bits per heavy atom. The molecular formula is C25H44O. The molecule has 1 nitrogen and oxygen atoms in total. The number of phenolic OH excluding ortho intramolecular Hbond substituents is 1. The van der Waals surface area contributed by atoms with Crippen LogP contribution in [0, 0.1) is 0 Å². The van der Waals surface area contributed by atoms with Crippen molar-refractivity contribution in [1.82, 2.24) is 0 Å². The molecule has 1 N–H and O–H groups in total. The van der Waals surface area contributed by atoms with E-state index in [9.17, 15) is 5.11 Å². The minimum atomic E-state index is 0.543. The summed E-state index contributed by atoms with van der Waals surface area (Å²) in [6.45, 7) is 6.81. The molecule has 0 heterocycles. The minimum Gasteiger partial charge on any atom is -0.508 e. The molecule has 1 aromatic carbocycles. The first kappa shape index (κ1) is 23.1. The first-order valence-corrected chi connectivity index (χ1v) is 11.6. The number of hydrogen-bond acceptors (Lipinski definition) is 1. The van der Waals surface area contributed by atoms with Crippen molar-refractivity contribution in [1.29, 1.82) is 0 Å². The molecule has 0 saturated heterocycles. The van der Waals surface area contributed by atoms with Crippen LogP contribution in [0.1, 0.15) is 121 Å². The Hall–Kier alpha value is -0.980. The summed E-state index contributed by atoms with van der Waals surface area (Å²) in [5, 5.41) is 10.5. The predicted molar refractivity (Wildman–Crippen MR) is 116 cm³/mol. The zero-order valence-corrected chi connectivity index (χ0v) is 17.9. The van der Waals surface area contributed by atoms with Crippen molar-refractivity contribution in [3.8, 4) is 5.75 Å². The summed E-state index contributed by atoms with van der Waals surface area (Å²) in [6, 6.07) is 4.15. The Morgan fingerprint density at radius 1 is 0.538 bits per heavy atom. The van der Waals surface area contributed by atoms with Crippen LogP contribution in [-0.2, 0) is 19.3 Å². The van der Waals surface area contributed by atoms with Gasteiger partial charge in [0.2, 0.25) is 0 Å². The van der Waals surface area contributed by atoms with E-state index in [1.165, 1.54) is 107 Å². The van der Waals surface area contributed by atoms with Crippen LogP contribution in [0.4, 0.5) is 0 Å². The lowest BCUT2D eigenvalue weighted by Gasteiger charge is -2.17. The molecule has 0 aliphatic heterocycles. The molecular weight excluding hydrogens is 316 g/mol. The summed E-state index contributed by atoms with van der Waals surface area (Å²) in [5.74, 6) is 0.543. The molecule has 0 unspecified atom stereocenters. The van der Waals surface area contributed by atoms with Gasteiger partial charge in [0.15, 0.2) is 0 Å². The van der Waals surface area contributed by atoms with Gasteiger partial charge in [-0.15, -0.1) is 0 Å². The van der Waals surface area contributed by atoms with Gasteiger partial charge < -0.3 is 5.11 Å². The molecule has 1 heteroatoms. The van der Waals surface area contributed by atoms with E-state index >= 15 is 0 Å². The van der Waals surface area contributed by atoms with E-state index in [4.69, 9.17) is 0 Å². The Balaban J connectivity index is 2.67. The summed E-state index contributed by atoms with van der Waals surface area (Å²) in [6.07, 6.45) is 20.4. The van der Waals surface area contributed by atoms with Crippen LogP contribution in [0.3, 0.4) is 0 Å². The van der Waals surface area contributed by atoms with Crippen molar-refractivity contribution in [3.63, 3.8) is 0 Å². The van der Waals surface area contributed by atoms with Crippen LogP contribution in [0.5, 0.6) is 5.75 Å². The maximum absolute atomic E-state index is 10.5. The van der Waals surface area contributed by atoms with Crippen LogP contribution in [0.15, 0.2) is 12.1 Å². The predicted octanol–water partition coefficient (Wildman–Crippen LogP) is 8.15. The van der Waals surface area contributed by atoms with Crippen molar-refractivity contribution in [3.05, 3.63) is 28.8 Å². The van der Waals surface area contributed by atoms with Crippen molar-refractivity contribution in [2.45, 2.75) is 124 Å². The first-order valence-electron chi connectivity index (χ1n) is 11.6. The third kappa shape index (κ3) is 9.10. The molecule has 0 fully saturated rings. The fourth-order valence-electron chi connectivity index (χ4n) is 3.93. The largest absolute Gasteiger partial charge is 0.508 e. The van der Waals surface area contributed by atoms with Gasteiger partial charge in [0.25, 0.3) is 0 Å². The molecule has 0 saturated carbocycles. The zero-order chi connectivity index (χ0) is 19.0. The summed E-state index contributed by atoms with van der Waals surface area (Å²) in [7, 11) is 0. The number of aryl methyl sites for hydroxylation is 1. The molecule has 1 rings (SSSR count). The lowest BCUT2D eigenvalue weighted by Crippen LogP contribution is -2.02. The minimum absolute atomic E-state index is 0.543. The van der Waals surface area contributed by atoms with Gasteiger partial charge in [-0.05, 0) is 61.3 Å². The van der Waals surface area contributed by atoms with Gasteiger partial charge in [0.1, 0.15) is 5.75 Å². The highest BCUT2D eigenvalue weighted by molar-refractivity contribution is 5.45. The summed E-state index contributed by atoms with van der Waals surface area (Å²) in [5.41, 5.74) is 4.26. The van der Waals surface area contributed by atoms with Crippen LogP contribution < -0.4 is 0 Å². The van der Waals surface area contributed by atoms with E-state index in [0.29, 0.717) is 5.75 Å². The summed E-state index contributed by atoms with van der Waals surface area (Å²) >= 11 is 0. The van der Waals surface area contributed by atoms with Crippen molar-refractivity contribution < 1.29 is 5.11 Å². The monoisotopic (exact) mass is 360 g/mol. The average Bonchev–Trinajstić information content (AvgIpc) is 2.64. The number of benzene rings is 1. The fourth-order valence-corrected chi connectivity index (χ4v) is 3.93. The van der Waals surface area contributed by atoms with E-state index in [1.54, 1.807) is 0 Å². The third-order valence-electron chi connectivity index (χ3n) is 5.61. The molecule has 0 atom stereocenters. The molecule has 0 aliphatic rings. The third-order valence-corrected chi connectivity index (χ3v) is 5.61. The van der Waals surface area contributed by atoms with Crippen LogP contribution in [0.2, 0.25) is 0 Å². The molecule has 0 bridgehead atoms. The second-order valence-corrected chi connectivity index (χ2v) is 7.99. The van der Waals surface area contributed by atoms with Crippen LogP contribution in [0.25, 0.3) is 0 Å². The van der Waals surface area contributed by atoms with Gasteiger partial charge in [-0.2, -0.15) is 0 Å². The molecule has 0 aromatic heterocycles. The van der Waals surface area contributed by atoms with Gasteiger partial charge in [0.05, 0.1) is 0 Å². The highest BCUT2D eigenvalue weighted by Crippen LogP contribution is 2.29. The van der Waals surface area contributed by atoms with Gasteiger partial charge >= 0.3 is 0 Å². The second kappa shape index (κ2) is 15.1. The van der Waals surface area contributed by atoms with Gasteiger partial charge in [0, 0.05) is 0 Å². The molecule has 26 heavy (non-hydrogen) atoms. The molecule has 0 amide bonds. The standard InChI is InChI=1S/C25H44O/c1-4-7-10-11-12-13-16-19-24-23(18-15-9-6-3)22(17-14-8-5-2)20-21-25(24)26/h20-21,26H,4-19H2,1-3H3. The maximum atomic E-state index is 10.5. The molecule has 0 radical (unpaired) electrons. The van der Waals surface area contributed by atoms with Crippen LogP contribution >= 0.6 is 0 Å². The Kier molecular flexibility index (Phi) is 13.4. The smallest absolute Gasteiger partial charge is 0.119 e. The SMILES string of the molecule is CCCCCCCCCc1c(O)ccc(CCCCC)c1CCCCC. The highest BCUT2D eigenvalue weighted by atomic mass is 16.3. The average molecular weight is 361 g/mol. The molecule has 1 aromatic rings. The number of phenols is 1. The van der Waals surface area contributed by atoms with E-state index in [1.807, 2.05) is 6.07 Å². The number of aromatic hydroxyl groups is 1. The molecule has 0 aliphatic carbocycles. The van der Waals surface area contributed by atoms with Gasteiger partial charge in [-0.3, -0.25) is 0 Å². The maximum Gasteiger partial charge on any atom is 0.119 e. The van der Waals surface area contributed by atoms with Crippen molar-refractivity contribution >= 4 is 0 Å². The molecule has 150 valence electrons. The van der Waals surface area contributed by atoms with Gasteiger partial charge in [-0.1, -0.05) is 91.0 Å². The number of unbranched alkanes of at least 4 members (excludes halogenated alkanes) is 10. The highest BCUT2D eigenvalue weighted by Gasteiger charge is 2.13. The van der Waals surface area contributed by atoms with E-state index in [0.717, 1.165) is 12.8 Å². The van der Waals surface area contributed by atoms with E-state index in [2.05, 4.69) is 26.8 Å². The normalized spacial score (nSPS) is 11.2. The van der Waals surface area contributed by atoms with Gasteiger partial charge in [-0.25, -0.2) is 0 Å². The lowest BCUT2D eigenvalue weighted by atomic mass is 9.89. The zero-order valence-electron chi connectivity index (χ0n) is 17.9. The lowest BCUT2D eigenvalue weighted by molar-refractivity contribution is 0.463. The summed E-state index contributed by atoms with van der Waals surface area (Å²) < 4.78 is 0. The number of rotatable bonds is 16.